The Kier molecular flexibility index (Phi) is 52.8. The molecule has 9 heteroatoms. The number of quaternary nitrogens is 1. The number of allylic oxidation sites excluding steroid dienone is 24. The number of unbranched alkanes of at least 4 members (excludes halogenated alkanes) is 13. The molecule has 0 rings (SSSR count). The topological polar surface area (TPSA) is 111 Å². The van der Waals surface area contributed by atoms with Crippen LogP contribution in [0.1, 0.15) is 200 Å². The monoisotopic (exact) mass is 1050 g/mol. The second kappa shape index (κ2) is 56.4. The van der Waals surface area contributed by atoms with Crippen molar-refractivity contribution in [1.29, 1.82) is 0 Å². The summed E-state index contributed by atoms with van der Waals surface area (Å²) in [5, 5.41) is 11.7. The smallest absolute Gasteiger partial charge is 0.306 e. The first-order valence-corrected chi connectivity index (χ1v) is 29.5. The lowest BCUT2D eigenvalue weighted by Crippen LogP contribution is -2.44. The molecule has 0 aliphatic rings. The summed E-state index contributed by atoms with van der Waals surface area (Å²) in [6, 6.07) is 0. The van der Waals surface area contributed by atoms with Crippen molar-refractivity contribution in [2.45, 2.75) is 212 Å². The van der Waals surface area contributed by atoms with Gasteiger partial charge < -0.3 is 33.3 Å². The summed E-state index contributed by atoms with van der Waals surface area (Å²) in [5.41, 5.74) is 0. The van der Waals surface area contributed by atoms with Crippen LogP contribution in [0.2, 0.25) is 0 Å². The fourth-order valence-corrected chi connectivity index (χ4v) is 7.34. The highest BCUT2D eigenvalue weighted by Crippen LogP contribution is 2.14. The Bertz CT molecular complexity index is 1750. The fraction of sp³-hybridized carbons (Fsp3) is 0.597. The number of hydrogen-bond acceptors (Lipinski definition) is 8. The lowest BCUT2D eigenvalue weighted by atomic mass is 10.0. The Labute approximate surface area is 464 Å². The van der Waals surface area contributed by atoms with Gasteiger partial charge in [0, 0.05) is 12.8 Å². The molecular weight excluding hydrogens is 947 g/mol. The molecule has 9 nitrogen and oxygen atoms in total. The maximum Gasteiger partial charge on any atom is 0.306 e. The molecule has 0 aromatic carbocycles. The molecule has 0 bridgehead atoms. The van der Waals surface area contributed by atoms with Gasteiger partial charge in [-0.2, -0.15) is 0 Å². The molecule has 2 atom stereocenters. The molecule has 0 N–H and O–H groups in total. The Balaban J connectivity index is 4.28. The molecule has 2 unspecified atom stereocenters. The molecule has 0 amide bonds. The zero-order valence-electron chi connectivity index (χ0n) is 48.6. The minimum atomic E-state index is -1.64. The van der Waals surface area contributed by atoms with Crippen molar-refractivity contribution >= 4 is 17.9 Å². The van der Waals surface area contributed by atoms with Crippen molar-refractivity contribution in [3.63, 3.8) is 0 Å². The van der Waals surface area contributed by atoms with Crippen LogP contribution in [0.15, 0.2) is 146 Å². The summed E-state index contributed by atoms with van der Waals surface area (Å²) in [5.74, 6) is -2.36. The number of aliphatic carboxylic acids is 1. The van der Waals surface area contributed by atoms with Crippen molar-refractivity contribution in [2.24, 2.45) is 0 Å². The standard InChI is InChI=1S/C67H107NO8/c1-6-8-10-12-14-16-18-20-21-22-23-24-25-26-27-28-29-30-31-32-33-34-35-36-37-38-39-40-41-42-43-44-45-46-48-50-52-54-56-58-65(70)76-63(62-75-67(66(71)72)73-60-59-68(3,4)5)61-74-64(69)57-55-53-51-49-47-19-17-15-13-11-9-7-2/h8,10,14,16,20-21,23-24,26-27,29-30,32-33,35-36,38-39,41-42,44-45,48,50,63,67H,6-7,9,11-13,15,17-19,22,25,28,31,34,37,40,43,46-47,49,51-62H2,1-5H3/b10-8-,16-14-,21-20-,24-23-,27-26-,30-29-,33-32-,36-35-,39-38-,42-41-,45-44-,50-48-. The molecule has 0 fully saturated rings. The third-order valence-electron chi connectivity index (χ3n) is 11.9. The van der Waals surface area contributed by atoms with E-state index in [-0.39, 0.29) is 38.6 Å². The fourth-order valence-electron chi connectivity index (χ4n) is 7.34. The Morgan fingerprint density at radius 3 is 1.12 bits per heavy atom. The van der Waals surface area contributed by atoms with Crippen LogP contribution in [-0.4, -0.2) is 82.3 Å². The first kappa shape index (κ1) is 71.2. The van der Waals surface area contributed by atoms with Crippen LogP contribution in [0, 0.1) is 0 Å². The average Bonchev–Trinajstić information content (AvgIpc) is 3.39. The predicted octanol–water partition coefficient (Wildman–Crippen LogP) is 16.3. The molecule has 76 heavy (non-hydrogen) atoms. The highest BCUT2D eigenvalue weighted by atomic mass is 16.7. The number of carboxylic acid groups (broad SMARTS) is 1. The van der Waals surface area contributed by atoms with Gasteiger partial charge in [-0.3, -0.25) is 9.59 Å². The van der Waals surface area contributed by atoms with Crippen LogP contribution in [0.4, 0.5) is 0 Å². The largest absolute Gasteiger partial charge is 0.545 e. The maximum atomic E-state index is 12.8. The van der Waals surface area contributed by atoms with Crippen LogP contribution in [0.5, 0.6) is 0 Å². The predicted molar refractivity (Wildman–Crippen MR) is 319 cm³/mol. The number of carboxylic acids is 1. The summed E-state index contributed by atoms with van der Waals surface area (Å²) < 4.78 is 22.6. The summed E-state index contributed by atoms with van der Waals surface area (Å²) in [6.45, 7) is 4.55. The number of ether oxygens (including phenoxy) is 4. The van der Waals surface area contributed by atoms with Crippen molar-refractivity contribution in [1.82, 2.24) is 0 Å². The molecule has 0 aliphatic heterocycles. The van der Waals surface area contributed by atoms with Crippen LogP contribution in [-0.2, 0) is 33.3 Å². The van der Waals surface area contributed by atoms with Crippen LogP contribution < -0.4 is 5.11 Å². The molecule has 0 heterocycles. The first-order chi connectivity index (χ1) is 37.1. The van der Waals surface area contributed by atoms with Crippen molar-refractivity contribution in [3.8, 4) is 0 Å². The molecular formula is C67H107NO8. The quantitative estimate of drug-likeness (QED) is 0.0195. The van der Waals surface area contributed by atoms with Gasteiger partial charge in [-0.05, 0) is 103 Å². The third-order valence-corrected chi connectivity index (χ3v) is 11.9. The Morgan fingerprint density at radius 2 is 0.750 bits per heavy atom. The lowest BCUT2D eigenvalue weighted by molar-refractivity contribution is -0.870. The Hall–Kier alpha value is -4.83. The van der Waals surface area contributed by atoms with Crippen molar-refractivity contribution in [3.05, 3.63) is 146 Å². The van der Waals surface area contributed by atoms with Gasteiger partial charge in [-0.1, -0.05) is 230 Å². The SMILES string of the molecule is CC/C=C\C/C=C\C/C=C\C/C=C\C/C=C\C/C=C\C/C=C\C/C=C\C/C=C\C/C=C\C/C=C\C/C=C\CCCCC(=O)OC(COC(=O)CCCCCCCCCCCCCC)COC(OCC[N+](C)(C)C)C(=O)[O-]. The number of carbonyl (C=O) groups is 3. The van der Waals surface area contributed by atoms with Gasteiger partial charge in [0.1, 0.15) is 13.2 Å². The van der Waals surface area contributed by atoms with E-state index in [0.717, 1.165) is 109 Å². The molecule has 0 spiro atoms. The normalized spacial score (nSPS) is 13.9. The zero-order valence-corrected chi connectivity index (χ0v) is 48.6. The Morgan fingerprint density at radius 1 is 0.408 bits per heavy atom. The van der Waals surface area contributed by atoms with Crippen LogP contribution >= 0.6 is 0 Å². The summed E-state index contributed by atoms with van der Waals surface area (Å²) >= 11 is 0. The van der Waals surface area contributed by atoms with E-state index in [1.807, 2.05) is 21.1 Å². The van der Waals surface area contributed by atoms with Gasteiger partial charge in [0.05, 0.1) is 40.3 Å². The van der Waals surface area contributed by atoms with Gasteiger partial charge in [0.2, 0.25) is 0 Å². The van der Waals surface area contributed by atoms with Gasteiger partial charge in [-0.15, -0.1) is 0 Å². The van der Waals surface area contributed by atoms with E-state index >= 15 is 0 Å². The first-order valence-electron chi connectivity index (χ1n) is 29.5. The number of likely N-dealkylation sites (N-methyl/N-ethyl adjacent to an activating group) is 1. The molecule has 0 saturated carbocycles. The van der Waals surface area contributed by atoms with E-state index in [1.54, 1.807) is 0 Å². The number of rotatable bonds is 52. The van der Waals surface area contributed by atoms with Gasteiger partial charge >= 0.3 is 11.9 Å². The maximum absolute atomic E-state index is 12.8. The number of nitrogens with zero attached hydrogens (tertiary/aromatic N) is 1. The second-order valence-corrected chi connectivity index (χ2v) is 20.2. The summed E-state index contributed by atoms with van der Waals surface area (Å²) in [6.07, 6.45) is 79.1. The van der Waals surface area contributed by atoms with E-state index in [4.69, 9.17) is 18.9 Å². The number of esters is 2. The minimum Gasteiger partial charge on any atom is -0.545 e. The highest BCUT2D eigenvalue weighted by molar-refractivity contribution is 5.70. The van der Waals surface area contributed by atoms with E-state index in [0.29, 0.717) is 17.4 Å². The van der Waals surface area contributed by atoms with E-state index in [2.05, 4.69) is 160 Å². The van der Waals surface area contributed by atoms with Gasteiger partial charge in [-0.25, -0.2) is 0 Å². The van der Waals surface area contributed by atoms with Crippen LogP contribution in [0.3, 0.4) is 0 Å². The molecule has 0 aromatic rings. The van der Waals surface area contributed by atoms with E-state index in [1.165, 1.54) is 57.8 Å². The molecule has 428 valence electrons. The molecule has 0 radical (unpaired) electrons. The van der Waals surface area contributed by atoms with E-state index in [9.17, 15) is 19.5 Å². The number of hydrogen-bond donors (Lipinski definition) is 0. The average molecular weight is 1050 g/mol. The third kappa shape index (κ3) is 56.9. The molecule has 0 aromatic heterocycles. The van der Waals surface area contributed by atoms with E-state index < -0.39 is 24.3 Å². The molecule has 0 aliphatic carbocycles. The molecule has 0 saturated heterocycles. The van der Waals surface area contributed by atoms with Gasteiger partial charge in [0.15, 0.2) is 12.4 Å². The summed E-state index contributed by atoms with van der Waals surface area (Å²) in [7, 11) is 5.89. The highest BCUT2D eigenvalue weighted by Gasteiger charge is 2.22. The van der Waals surface area contributed by atoms with Gasteiger partial charge in [0.25, 0.3) is 0 Å². The number of carbonyl (C=O) groups excluding carboxylic acids is 3. The van der Waals surface area contributed by atoms with Crippen molar-refractivity contribution in [2.75, 3.05) is 47.5 Å². The second-order valence-electron chi connectivity index (χ2n) is 20.2. The van der Waals surface area contributed by atoms with Crippen LogP contribution in [0.25, 0.3) is 0 Å². The van der Waals surface area contributed by atoms with Crippen molar-refractivity contribution < 1.29 is 42.9 Å². The zero-order chi connectivity index (χ0) is 55.5. The summed E-state index contributed by atoms with van der Waals surface area (Å²) in [4.78, 5) is 37.1. The minimum absolute atomic E-state index is 0.132. The lowest BCUT2D eigenvalue weighted by Gasteiger charge is -2.26.